The van der Waals surface area contributed by atoms with Crippen molar-refractivity contribution in [3.05, 3.63) is 0 Å². The lowest BCUT2D eigenvalue weighted by molar-refractivity contribution is 0.122. The van der Waals surface area contributed by atoms with Gasteiger partial charge in [0.15, 0.2) is 0 Å². The van der Waals surface area contributed by atoms with E-state index in [0.717, 1.165) is 24.6 Å². The van der Waals surface area contributed by atoms with Gasteiger partial charge in [-0.05, 0) is 12.7 Å². The Morgan fingerprint density at radius 2 is 2.10 bits per heavy atom. The van der Waals surface area contributed by atoms with Crippen LogP contribution in [0.3, 0.4) is 0 Å². The third kappa shape index (κ3) is 4.38. The predicted octanol–water partition coefficient (Wildman–Crippen LogP) is 0.844. The Hall–Kier alpha value is -1.28. The molecule has 2 rings (SSSR count). The zero-order valence-electron chi connectivity index (χ0n) is 12.0. The van der Waals surface area contributed by atoms with E-state index in [4.69, 9.17) is 10.5 Å². The Kier molecular flexibility index (Phi) is 5.66. The number of rotatable bonds is 6. The van der Waals surface area contributed by atoms with Crippen LogP contribution in [0, 0.1) is 0 Å². The Labute approximate surface area is 123 Å². The fourth-order valence-electron chi connectivity index (χ4n) is 1.91. The van der Waals surface area contributed by atoms with Crippen molar-refractivity contribution >= 4 is 29.6 Å². The summed E-state index contributed by atoms with van der Waals surface area (Å²) in [5.41, 5.74) is 5.78. The first-order chi connectivity index (χ1) is 9.69. The van der Waals surface area contributed by atoms with Gasteiger partial charge in [-0.3, -0.25) is 0 Å². The fourth-order valence-corrected chi connectivity index (χ4v) is 2.58. The van der Waals surface area contributed by atoms with Crippen LogP contribution in [0.2, 0.25) is 0 Å². The monoisotopic (exact) mass is 298 g/mol. The van der Waals surface area contributed by atoms with Crippen molar-refractivity contribution in [2.75, 3.05) is 53.8 Å². The van der Waals surface area contributed by atoms with E-state index in [0.29, 0.717) is 31.2 Å². The van der Waals surface area contributed by atoms with Gasteiger partial charge in [0, 0.05) is 24.9 Å². The number of ether oxygens (including phenoxy) is 1. The number of thioether (sulfide) groups is 1. The molecular formula is C12H22N6OS. The Balaban J connectivity index is 2.03. The number of nitrogens with one attached hydrogen (secondary N) is 1. The summed E-state index contributed by atoms with van der Waals surface area (Å²) in [5.74, 6) is 3.53. The Bertz CT molecular complexity index is 426. The van der Waals surface area contributed by atoms with Crippen LogP contribution in [0.25, 0.3) is 0 Å². The lowest BCUT2D eigenvalue weighted by Crippen LogP contribution is -2.37. The molecule has 7 nitrogen and oxygen atoms in total. The van der Waals surface area contributed by atoms with Crippen LogP contribution in [0.15, 0.2) is 0 Å². The summed E-state index contributed by atoms with van der Waals surface area (Å²) in [4.78, 5) is 14.9. The van der Waals surface area contributed by atoms with Crippen LogP contribution in [0.5, 0.6) is 0 Å². The minimum Gasteiger partial charge on any atom is -0.378 e. The topological polar surface area (TPSA) is 89.2 Å². The lowest BCUT2D eigenvalue weighted by Gasteiger charge is -2.27. The minimum absolute atomic E-state index is 0.249. The molecule has 1 aromatic rings. The number of aromatic nitrogens is 3. The normalized spacial score (nSPS) is 17.0. The van der Waals surface area contributed by atoms with Crippen molar-refractivity contribution < 1.29 is 4.74 Å². The summed E-state index contributed by atoms with van der Waals surface area (Å²) in [6.45, 7) is 7.20. The van der Waals surface area contributed by atoms with E-state index in [9.17, 15) is 0 Å². The van der Waals surface area contributed by atoms with E-state index in [-0.39, 0.29) is 5.95 Å². The van der Waals surface area contributed by atoms with E-state index in [2.05, 4.69) is 39.0 Å². The molecule has 1 fully saturated rings. The number of hydrogen-bond acceptors (Lipinski definition) is 8. The maximum atomic E-state index is 5.78. The molecule has 0 aliphatic carbocycles. The van der Waals surface area contributed by atoms with Crippen molar-refractivity contribution in [3.8, 4) is 0 Å². The molecule has 1 aliphatic heterocycles. The van der Waals surface area contributed by atoms with E-state index >= 15 is 0 Å². The van der Waals surface area contributed by atoms with E-state index in [1.54, 1.807) is 0 Å². The Morgan fingerprint density at radius 1 is 1.35 bits per heavy atom. The van der Waals surface area contributed by atoms with Gasteiger partial charge in [-0.2, -0.15) is 26.7 Å². The molecule has 3 N–H and O–H groups in total. The highest BCUT2D eigenvalue weighted by atomic mass is 32.2. The molecule has 20 heavy (non-hydrogen) atoms. The average Bonchev–Trinajstić information content (AvgIpc) is 2.45. The van der Waals surface area contributed by atoms with Crippen LogP contribution < -0.4 is 16.0 Å². The Morgan fingerprint density at radius 3 is 2.80 bits per heavy atom. The highest BCUT2D eigenvalue weighted by Crippen LogP contribution is 2.14. The molecule has 2 heterocycles. The summed E-state index contributed by atoms with van der Waals surface area (Å²) >= 11 is 1.88. The van der Waals surface area contributed by atoms with Gasteiger partial charge in [-0.25, -0.2) is 0 Å². The standard InChI is InChI=1S/C12H22N6OS/c1-3-20-8-9(2)14-11-15-10(13)16-12(17-11)18-4-6-19-7-5-18/h9H,3-8H2,1-2H3,(H3,13,14,15,16,17). The van der Waals surface area contributed by atoms with E-state index in [1.807, 2.05) is 11.8 Å². The second-order valence-corrected chi connectivity index (χ2v) is 5.94. The van der Waals surface area contributed by atoms with Crippen LogP contribution in [-0.4, -0.2) is 58.8 Å². The molecule has 0 bridgehead atoms. The lowest BCUT2D eigenvalue weighted by atomic mass is 10.4. The highest BCUT2D eigenvalue weighted by molar-refractivity contribution is 7.99. The van der Waals surface area contributed by atoms with Gasteiger partial charge >= 0.3 is 0 Å². The largest absolute Gasteiger partial charge is 0.378 e. The molecule has 1 atom stereocenters. The van der Waals surface area contributed by atoms with Gasteiger partial charge in [-0.1, -0.05) is 6.92 Å². The maximum absolute atomic E-state index is 5.78. The molecule has 1 saturated heterocycles. The minimum atomic E-state index is 0.249. The van der Waals surface area contributed by atoms with Crippen molar-refractivity contribution in [1.82, 2.24) is 15.0 Å². The van der Waals surface area contributed by atoms with Crippen molar-refractivity contribution in [3.63, 3.8) is 0 Å². The summed E-state index contributed by atoms with van der Waals surface area (Å²) in [7, 11) is 0. The smallest absolute Gasteiger partial charge is 0.232 e. The highest BCUT2D eigenvalue weighted by Gasteiger charge is 2.16. The quantitative estimate of drug-likeness (QED) is 0.799. The summed E-state index contributed by atoms with van der Waals surface area (Å²) in [6, 6.07) is 0.291. The molecule has 0 radical (unpaired) electrons. The van der Waals surface area contributed by atoms with E-state index < -0.39 is 0 Å². The first kappa shape index (κ1) is 15.1. The van der Waals surface area contributed by atoms with Crippen molar-refractivity contribution in [1.29, 1.82) is 0 Å². The molecule has 0 saturated carbocycles. The molecule has 0 aromatic carbocycles. The van der Waals surface area contributed by atoms with Gasteiger partial charge in [0.1, 0.15) is 0 Å². The fraction of sp³-hybridized carbons (Fsp3) is 0.750. The molecule has 0 amide bonds. The van der Waals surface area contributed by atoms with Gasteiger partial charge in [0.05, 0.1) is 13.2 Å². The number of nitrogens with two attached hydrogens (primary N) is 1. The van der Waals surface area contributed by atoms with Crippen LogP contribution in [-0.2, 0) is 4.74 Å². The maximum Gasteiger partial charge on any atom is 0.232 e. The summed E-state index contributed by atoms with van der Waals surface area (Å²) in [6.07, 6.45) is 0. The first-order valence-corrected chi connectivity index (χ1v) is 8.03. The molecule has 0 spiro atoms. The number of nitrogen functional groups attached to an aromatic ring is 1. The van der Waals surface area contributed by atoms with Crippen LogP contribution >= 0.6 is 11.8 Å². The van der Waals surface area contributed by atoms with Gasteiger partial charge < -0.3 is 20.7 Å². The van der Waals surface area contributed by atoms with Crippen molar-refractivity contribution in [2.45, 2.75) is 19.9 Å². The number of nitrogens with zero attached hydrogens (tertiary/aromatic N) is 4. The number of anilines is 3. The third-order valence-corrected chi connectivity index (χ3v) is 4.03. The van der Waals surface area contributed by atoms with Crippen molar-refractivity contribution in [2.24, 2.45) is 0 Å². The van der Waals surface area contributed by atoms with Gasteiger partial charge in [-0.15, -0.1) is 0 Å². The molecule has 1 aromatic heterocycles. The molecule has 8 heteroatoms. The number of morpholine rings is 1. The average molecular weight is 298 g/mol. The van der Waals surface area contributed by atoms with E-state index in [1.165, 1.54) is 0 Å². The van der Waals surface area contributed by atoms with Crippen LogP contribution in [0.1, 0.15) is 13.8 Å². The summed E-state index contributed by atoms with van der Waals surface area (Å²) in [5, 5.41) is 3.28. The summed E-state index contributed by atoms with van der Waals surface area (Å²) < 4.78 is 5.33. The molecule has 1 unspecified atom stereocenters. The van der Waals surface area contributed by atoms with Gasteiger partial charge in [0.2, 0.25) is 17.8 Å². The van der Waals surface area contributed by atoms with Crippen LogP contribution in [0.4, 0.5) is 17.8 Å². The molecule has 1 aliphatic rings. The molecule has 112 valence electrons. The number of hydrogen-bond donors (Lipinski definition) is 2. The predicted molar refractivity (Wildman–Crippen MR) is 83.4 cm³/mol. The zero-order valence-corrected chi connectivity index (χ0v) is 12.8. The third-order valence-electron chi connectivity index (χ3n) is 2.88. The first-order valence-electron chi connectivity index (χ1n) is 6.87. The zero-order chi connectivity index (χ0) is 14.4. The SMILES string of the molecule is CCSCC(C)Nc1nc(N)nc(N2CCOCC2)n1. The van der Waals surface area contributed by atoms with Gasteiger partial charge in [0.25, 0.3) is 0 Å². The second-order valence-electron chi connectivity index (χ2n) is 4.62. The molecular weight excluding hydrogens is 276 g/mol. The second kappa shape index (κ2) is 7.49.